The molecule has 1 aliphatic rings. The largest absolute Gasteiger partial charge is 0.493 e. The molecule has 34 heavy (non-hydrogen) atoms. The average molecular weight is 501 g/mol. The predicted molar refractivity (Wildman–Crippen MR) is 135 cm³/mol. The number of methoxy groups -OCH3 is 2. The van der Waals surface area contributed by atoms with Crippen LogP contribution < -0.4 is 13.8 Å². The predicted octanol–water partition coefficient (Wildman–Crippen LogP) is 5.22. The molecule has 0 N–H and O–H groups in total. The zero-order valence-corrected chi connectivity index (χ0v) is 20.9. The second-order valence-corrected chi connectivity index (χ2v) is 10.5. The molecular weight excluding hydrogens is 472 g/mol. The minimum absolute atomic E-state index is 0.176. The Bertz CT molecular complexity index is 1200. The molecular formula is C26H29ClN2O4S. The molecule has 0 amide bonds. The quantitative estimate of drug-likeness (QED) is 0.424. The van der Waals surface area contributed by atoms with Crippen molar-refractivity contribution >= 4 is 27.3 Å². The molecule has 1 heterocycles. The fourth-order valence-corrected chi connectivity index (χ4v) is 6.22. The highest BCUT2D eigenvalue weighted by molar-refractivity contribution is 7.92. The molecule has 0 aromatic heterocycles. The van der Waals surface area contributed by atoms with Gasteiger partial charge in [-0.15, -0.1) is 0 Å². The van der Waals surface area contributed by atoms with Crippen molar-refractivity contribution in [1.82, 2.24) is 4.90 Å². The number of likely N-dealkylation sites (tertiary alicyclic amines) is 1. The van der Waals surface area contributed by atoms with Gasteiger partial charge in [0.15, 0.2) is 11.5 Å². The van der Waals surface area contributed by atoms with Gasteiger partial charge in [-0.05, 0) is 54.8 Å². The lowest BCUT2D eigenvalue weighted by atomic mass is 10.0. The molecule has 0 aliphatic carbocycles. The number of piperidine rings is 1. The van der Waals surface area contributed by atoms with E-state index in [0.717, 1.165) is 24.7 Å². The Labute approximate surface area is 206 Å². The number of rotatable bonds is 8. The number of hydrogen-bond acceptors (Lipinski definition) is 5. The van der Waals surface area contributed by atoms with Crippen LogP contribution in [-0.4, -0.2) is 46.7 Å². The first-order valence-corrected chi connectivity index (χ1v) is 13.0. The summed E-state index contributed by atoms with van der Waals surface area (Å²) in [5, 5.41) is 0.721. The van der Waals surface area contributed by atoms with Gasteiger partial charge in [0.2, 0.25) is 0 Å². The Kier molecular flexibility index (Phi) is 7.66. The molecule has 1 saturated heterocycles. The summed E-state index contributed by atoms with van der Waals surface area (Å²) in [7, 11) is -0.665. The van der Waals surface area contributed by atoms with Crippen LogP contribution in [0, 0.1) is 0 Å². The fraction of sp³-hybridized carbons (Fsp3) is 0.308. The van der Waals surface area contributed by atoms with E-state index in [0.29, 0.717) is 30.0 Å². The molecule has 4 rings (SSSR count). The highest BCUT2D eigenvalue weighted by Gasteiger charge is 2.34. The van der Waals surface area contributed by atoms with Crippen LogP contribution in [0.1, 0.15) is 18.4 Å². The maximum atomic E-state index is 13.8. The van der Waals surface area contributed by atoms with Gasteiger partial charge >= 0.3 is 0 Å². The number of anilines is 1. The summed E-state index contributed by atoms with van der Waals surface area (Å²) < 4.78 is 40.0. The van der Waals surface area contributed by atoms with E-state index in [2.05, 4.69) is 4.90 Å². The summed E-state index contributed by atoms with van der Waals surface area (Å²) in [6, 6.07) is 21.5. The third kappa shape index (κ3) is 5.32. The van der Waals surface area contributed by atoms with Gasteiger partial charge in [-0.25, -0.2) is 8.42 Å². The highest BCUT2D eigenvalue weighted by Crippen LogP contribution is 2.36. The zero-order chi connectivity index (χ0) is 24.1. The van der Waals surface area contributed by atoms with Gasteiger partial charge in [-0.2, -0.15) is 0 Å². The monoisotopic (exact) mass is 500 g/mol. The van der Waals surface area contributed by atoms with Crippen LogP contribution in [0.15, 0.2) is 77.7 Å². The molecule has 0 bridgehead atoms. The van der Waals surface area contributed by atoms with Gasteiger partial charge in [0, 0.05) is 36.8 Å². The molecule has 0 atom stereocenters. The zero-order valence-electron chi connectivity index (χ0n) is 19.4. The smallest absolute Gasteiger partial charge is 0.264 e. The number of sulfonamides is 1. The minimum Gasteiger partial charge on any atom is -0.493 e. The lowest BCUT2D eigenvalue weighted by molar-refractivity contribution is 0.206. The Morgan fingerprint density at radius 3 is 2.18 bits per heavy atom. The Balaban J connectivity index is 1.61. The number of hydrogen-bond donors (Lipinski definition) is 0. The number of benzene rings is 3. The van der Waals surface area contributed by atoms with Crippen LogP contribution in [0.5, 0.6) is 11.5 Å². The van der Waals surface area contributed by atoms with E-state index < -0.39 is 10.0 Å². The van der Waals surface area contributed by atoms with Gasteiger partial charge in [0.1, 0.15) is 0 Å². The van der Waals surface area contributed by atoms with Crippen LogP contribution in [-0.2, 0) is 16.6 Å². The Morgan fingerprint density at radius 1 is 0.912 bits per heavy atom. The first-order chi connectivity index (χ1) is 16.4. The van der Waals surface area contributed by atoms with Crippen molar-refractivity contribution in [2.24, 2.45) is 0 Å². The summed E-state index contributed by atoms with van der Waals surface area (Å²) >= 11 is 6.01. The molecule has 6 nitrogen and oxygen atoms in total. The Hall–Kier alpha value is -2.74. The van der Waals surface area contributed by atoms with E-state index in [1.807, 2.05) is 30.3 Å². The average Bonchev–Trinajstić information content (AvgIpc) is 2.87. The molecule has 3 aromatic carbocycles. The van der Waals surface area contributed by atoms with Gasteiger partial charge in [-0.3, -0.25) is 9.21 Å². The van der Waals surface area contributed by atoms with Crippen molar-refractivity contribution in [3.8, 4) is 11.5 Å². The van der Waals surface area contributed by atoms with Crippen molar-refractivity contribution in [2.75, 3.05) is 31.6 Å². The lowest BCUT2D eigenvalue weighted by Gasteiger charge is -2.39. The standard InChI is InChI=1S/C26H29ClN2O4S/c1-32-25-13-12-23(18-26(25)33-2)29(34(30,31)24-6-4-3-5-7-24)22-14-16-28(17-15-22)19-20-8-10-21(27)11-9-20/h3-13,18,22H,14-17,19H2,1-2H3. The topological polar surface area (TPSA) is 59.1 Å². The van der Waals surface area contributed by atoms with Gasteiger partial charge in [0.25, 0.3) is 10.0 Å². The normalized spacial score (nSPS) is 15.1. The van der Waals surface area contributed by atoms with Gasteiger partial charge in [-0.1, -0.05) is 41.9 Å². The van der Waals surface area contributed by atoms with Gasteiger partial charge < -0.3 is 9.47 Å². The first kappa shape index (κ1) is 24.4. The van der Waals surface area contributed by atoms with Crippen LogP contribution in [0.3, 0.4) is 0 Å². The molecule has 3 aromatic rings. The SMILES string of the molecule is COc1ccc(N(C2CCN(Cc3ccc(Cl)cc3)CC2)S(=O)(=O)c2ccccc2)cc1OC. The second kappa shape index (κ2) is 10.7. The molecule has 0 saturated carbocycles. The third-order valence-corrected chi connectivity index (χ3v) is 8.28. The van der Waals surface area contributed by atoms with Crippen molar-refractivity contribution in [3.05, 3.63) is 83.4 Å². The fourth-order valence-electron chi connectivity index (χ4n) is 4.37. The van der Waals surface area contributed by atoms with Crippen molar-refractivity contribution in [1.29, 1.82) is 0 Å². The second-order valence-electron chi connectivity index (χ2n) is 8.29. The van der Waals surface area contributed by atoms with Crippen molar-refractivity contribution in [2.45, 2.75) is 30.3 Å². The van der Waals surface area contributed by atoms with Crippen LogP contribution in [0.2, 0.25) is 5.02 Å². The number of nitrogens with zero attached hydrogens (tertiary/aromatic N) is 2. The van der Waals surface area contributed by atoms with E-state index >= 15 is 0 Å². The minimum atomic E-state index is -3.78. The van der Waals surface area contributed by atoms with E-state index in [-0.39, 0.29) is 10.9 Å². The summed E-state index contributed by atoms with van der Waals surface area (Å²) in [5.74, 6) is 1.05. The van der Waals surface area contributed by atoms with E-state index in [1.165, 1.54) is 5.56 Å². The summed E-state index contributed by atoms with van der Waals surface area (Å²) in [4.78, 5) is 2.62. The Morgan fingerprint density at radius 2 is 1.56 bits per heavy atom. The first-order valence-electron chi connectivity index (χ1n) is 11.2. The van der Waals surface area contributed by atoms with Crippen molar-refractivity contribution in [3.63, 3.8) is 0 Å². The van der Waals surface area contributed by atoms with Crippen molar-refractivity contribution < 1.29 is 17.9 Å². The number of ether oxygens (including phenoxy) is 2. The summed E-state index contributed by atoms with van der Waals surface area (Å²) in [6.45, 7) is 2.40. The summed E-state index contributed by atoms with van der Waals surface area (Å²) in [5.41, 5.74) is 1.76. The molecule has 180 valence electrons. The molecule has 1 fully saturated rings. The van der Waals surface area contributed by atoms with Gasteiger partial charge in [0.05, 0.1) is 24.8 Å². The molecule has 8 heteroatoms. The molecule has 0 unspecified atom stereocenters. The molecule has 0 spiro atoms. The maximum absolute atomic E-state index is 13.8. The molecule has 0 radical (unpaired) electrons. The van der Waals surface area contributed by atoms with Crippen LogP contribution >= 0.6 is 11.6 Å². The molecule has 1 aliphatic heterocycles. The highest BCUT2D eigenvalue weighted by atomic mass is 35.5. The van der Waals surface area contributed by atoms with E-state index in [1.54, 1.807) is 61.0 Å². The van der Waals surface area contributed by atoms with E-state index in [9.17, 15) is 8.42 Å². The third-order valence-electron chi connectivity index (χ3n) is 6.13. The lowest BCUT2D eigenvalue weighted by Crippen LogP contribution is -2.47. The van der Waals surface area contributed by atoms with Crippen LogP contribution in [0.4, 0.5) is 5.69 Å². The van der Waals surface area contributed by atoms with E-state index in [4.69, 9.17) is 21.1 Å². The number of halogens is 1. The summed E-state index contributed by atoms with van der Waals surface area (Å²) in [6.07, 6.45) is 1.43. The maximum Gasteiger partial charge on any atom is 0.264 e. The van der Waals surface area contributed by atoms with Crippen LogP contribution in [0.25, 0.3) is 0 Å².